The SMILES string of the molecule is CCCNC(CO)COCC1CCCC(C)C1. The van der Waals surface area contributed by atoms with E-state index in [1.807, 2.05) is 0 Å². The first-order chi connectivity index (χ1) is 8.26. The standard InChI is InChI=1S/C14H29NO2/c1-3-7-15-14(9-16)11-17-10-13-6-4-5-12(2)8-13/h12-16H,3-11H2,1-2H3. The van der Waals surface area contributed by atoms with Crippen LogP contribution < -0.4 is 5.32 Å². The predicted molar refractivity (Wildman–Crippen MR) is 71.1 cm³/mol. The van der Waals surface area contributed by atoms with Crippen LogP contribution >= 0.6 is 0 Å². The lowest BCUT2D eigenvalue weighted by Gasteiger charge is -2.27. The number of rotatable bonds is 8. The molecular formula is C14H29NO2. The summed E-state index contributed by atoms with van der Waals surface area (Å²) in [7, 11) is 0. The molecule has 3 atom stereocenters. The van der Waals surface area contributed by atoms with Crippen LogP contribution in [-0.4, -0.2) is 37.5 Å². The van der Waals surface area contributed by atoms with Gasteiger partial charge in [-0.2, -0.15) is 0 Å². The smallest absolute Gasteiger partial charge is 0.0642 e. The second kappa shape index (κ2) is 8.90. The van der Waals surface area contributed by atoms with E-state index < -0.39 is 0 Å². The van der Waals surface area contributed by atoms with Crippen LogP contribution in [-0.2, 0) is 4.74 Å². The maximum Gasteiger partial charge on any atom is 0.0642 e. The van der Waals surface area contributed by atoms with Gasteiger partial charge < -0.3 is 15.2 Å². The maximum atomic E-state index is 9.19. The molecule has 0 spiro atoms. The summed E-state index contributed by atoms with van der Waals surface area (Å²) in [4.78, 5) is 0. The molecule has 1 aliphatic rings. The zero-order valence-electron chi connectivity index (χ0n) is 11.5. The van der Waals surface area contributed by atoms with Crippen LogP contribution in [0.4, 0.5) is 0 Å². The van der Waals surface area contributed by atoms with Gasteiger partial charge in [0.25, 0.3) is 0 Å². The minimum absolute atomic E-state index is 0.107. The van der Waals surface area contributed by atoms with E-state index in [9.17, 15) is 5.11 Å². The van der Waals surface area contributed by atoms with Crippen LogP contribution in [0, 0.1) is 11.8 Å². The van der Waals surface area contributed by atoms with Gasteiger partial charge in [0.2, 0.25) is 0 Å². The lowest BCUT2D eigenvalue weighted by Crippen LogP contribution is -2.37. The number of hydrogen-bond acceptors (Lipinski definition) is 3. The highest BCUT2D eigenvalue weighted by Gasteiger charge is 2.19. The largest absolute Gasteiger partial charge is 0.395 e. The minimum atomic E-state index is 0.107. The van der Waals surface area contributed by atoms with Crippen LogP contribution in [0.15, 0.2) is 0 Å². The maximum absolute atomic E-state index is 9.19. The van der Waals surface area contributed by atoms with Gasteiger partial charge in [-0.1, -0.05) is 26.7 Å². The van der Waals surface area contributed by atoms with E-state index in [4.69, 9.17) is 4.74 Å². The van der Waals surface area contributed by atoms with Gasteiger partial charge in [0.15, 0.2) is 0 Å². The Morgan fingerprint density at radius 1 is 1.41 bits per heavy atom. The first-order valence-electron chi connectivity index (χ1n) is 7.18. The van der Waals surface area contributed by atoms with Crippen LogP contribution in [0.3, 0.4) is 0 Å². The Hall–Kier alpha value is -0.120. The van der Waals surface area contributed by atoms with E-state index in [1.165, 1.54) is 25.7 Å². The third-order valence-corrected chi connectivity index (χ3v) is 3.62. The molecule has 3 unspecified atom stereocenters. The highest BCUT2D eigenvalue weighted by molar-refractivity contribution is 4.71. The fourth-order valence-electron chi connectivity index (χ4n) is 2.61. The summed E-state index contributed by atoms with van der Waals surface area (Å²) in [5.74, 6) is 1.61. The number of ether oxygens (including phenoxy) is 1. The van der Waals surface area contributed by atoms with Crippen LogP contribution in [0.5, 0.6) is 0 Å². The van der Waals surface area contributed by atoms with E-state index in [1.54, 1.807) is 0 Å². The summed E-state index contributed by atoms with van der Waals surface area (Å²) in [6, 6.07) is 0.107. The van der Waals surface area contributed by atoms with Gasteiger partial charge in [0.05, 0.1) is 19.3 Å². The quantitative estimate of drug-likeness (QED) is 0.686. The van der Waals surface area contributed by atoms with Gasteiger partial charge in [-0.3, -0.25) is 0 Å². The van der Waals surface area contributed by atoms with Crippen molar-refractivity contribution in [2.75, 3.05) is 26.4 Å². The lowest BCUT2D eigenvalue weighted by atomic mass is 9.83. The second-order valence-corrected chi connectivity index (χ2v) is 5.51. The number of aliphatic hydroxyl groups excluding tert-OH is 1. The summed E-state index contributed by atoms with van der Waals surface area (Å²) in [6.07, 6.45) is 6.46. The monoisotopic (exact) mass is 243 g/mol. The van der Waals surface area contributed by atoms with Gasteiger partial charge >= 0.3 is 0 Å². The molecule has 17 heavy (non-hydrogen) atoms. The van der Waals surface area contributed by atoms with Gasteiger partial charge in [-0.05, 0) is 37.6 Å². The molecule has 0 aromatic heterocycles. The Morgan fingerprint density at radius 3 is 2.88 bits per heavy atom. The fraction of sp³-hybridized carbons (Fsp3) is 1.00. The molecule has 102 valence electrons. The molecule has 0 amide bonds. The molecule has 1 rings (SSSR count). The Labute approximate surface area is 106 Å². The third kappa shape index (κ3) is 6.39. The summed E-state index contributed by atoms with van der Waals surface area (Å²) in [5.41, 5.74) is 0. The molecule has 0 saturated heterocycles. The zero-order valence-corrected chi connectivity index (χ0v) is 11.5. The van der Waals surface area contributed by atoms with E-state index in [2.05, 4.69) is 19.2 Å². The summed E-state index contributed by atoms with van der Waals surface area (Å²) >= 11 is 0. The van der Waals surface area contributed by atoms with Crippen molar-refractivity contribution in [2.45, 2.75) is 52.0 Å². The molecule has 1 saturated carbocycles. The first-order valence-corrected chi connectivity index (χ1v) is 7.18. The van der Waals surface area contributed by atoms with Crippen LogP contribution in [0.25, 0.3) is 0 Å². The Morgan fingerprint density at radius 2 is 2.24 bits per heavy atom. The minimum Gasteiger partial charge on any atom is -0.395 e. The summed E-state index contributed by atoms with van der Waals surface area (Å²) in [5, 5.41) is 12.5. The lowest BCUT2D eigenvalue weighted by molar-refractivity contribution is 0.0500. The predicted octanol–water partition coefficient (Wildman–Crippen LogP) is 2.19. The van der Waals surface area contributed by atoms with E-state index in [0.717, 1.165) is 31.4 Å². The van der Waals surface area contributed by atoms with Gasteiger partial charge in [0.1, 0.15) is 0 Å². The molecule has 0 aliphatic heterocycles. The van der Waals surface area contributed by atoms with Gasteiger partial charge in [-0.15, -0.1) is 0 Å². The molecular weight excluding hydrogens is 214 g/mol. The Balaban J connectivity index is 2.08. The Bertz CT molecular complexity index is 187. The van der Waals surface area contributed by atoms with Crippen molar-refractivity contribution in [3.05, 3.63) is 0 Å². The van der Waals surface area contributed by atoms with Gasteiger partial charge in [-0.25, -0.2) is 0 Å². The average Bonchev–Trinajstić information content (AvgIpc) is 2.33. The molecule has 0 aromatic rings. The topological polar surface area (TPSA) is 41.5 Å². The molecule has 0 aromatic carbocycles. The number of aliphatic hydroxyl groups is 1. The molecule has 0 radical (unpaired) electrons. The number of nitrogens with one attached hydrogen (secondary N) is 1. The van der Waals surface area contributed by atoms with Crippen molar-refractivity contribution in [1.82, 2.24) is 5.32 Å². The number of hydrogen-bond donors (Lipinski definition) is 2. The normalized spacial score (nSPS) is 27.0. The highest BCUT2D eigenvalue weighted by atomic mass is 16.5. The molecule has 0 heterocycles. The van der Waals surface area contributed by atoms with Crippen molar-refractivity contribution in [3.63, 3.8) is 0 Å². The van der Waals surface area contributed by atoms with Crippen molar-refractivity contribution >= 4 is 0 Å². The van der Waals surface area contributed by atoms with Crippen molar-refractivity contribution in [1.29, 1.82) is 0 Å². The van der Waals surface area contributed by atoms with Crippen molar-refractivity contribution in [3.8, 4) is 0 Å². The van der Waals surface area contributed by atoms with Gasteiger partial charge in [0, 0.05) is 6.61 Å². The molecule has 2 N–H and O–H groups in total. The third-order valence-electron chi connectivity index (χ3n) is 3.62. The van der Waals surface area contributed by atoms with E-state index in [-0.39, 0.29) is 12.6 Å². The summed E-state index contributed by atoms with van der Waals surface area (Å²) < 4.78 is 5.75. The second-order valence-electron chi connectivity index (χ2n) is 5.51. The molecule has 3 nitrogen and oxygen atoms in total. The van der Waals surface area contributed by atoms with E-state index in [0.29, 0.717) is 6.61 Å². The molecule has 1 aliphatic carbocycles. The molecule has 1 fully saturated rings. The molecule has 0 bridgehead atoms. The first kappa shape index (κ1) is 14.9. The highest BCUT2D eigenvalue weighted by Crippen LogP contribution is 2.28. The fourth-order valence-corrected chi connectivity index (χ4v) is 2.61. The summed E-state index contributed by atoms with van der Waals surface area (Å²) in [6.45, 7) is 7.10. The van der Waals surface area contributed by atoms with E-state index >= 15 is 0 Å². The molecule has 3 heteroatoms. The Kier molecular flexibility index (Phi) is 7.82. The van der Waals surface area contributed by atoms with Crippen molar-refractivity contribution in [2.24, 2.45) is 11.8 Å². The zero-order chi connectivity index (χ0) is 12.5. The van der Waals surface area contributed by atoms with Crippen molar-refractivity contribution < 1.29 is 9.84 Å². The average molecular weight is 243 g/mol. The van der Waals surface area contributed by atoms with Crippen LogP contribution in [0.2, 0.25) is 0 Å². The van der Waals surface area contributed by atoms with Crippen LogP contribution in [0.1, 0.15) is 46.0 Å².